The first-order chi connectivity index (χ1) is 13.1. The van der Waals surface area contributed by atoms with Gasteiger partial charge in [0.25, 0.3) is 0 Å². The van der Waals surface area contributed by atoms with Gasteiger partial charge in [0.15, 0.2) is 5.96 Å². The summed E-state index contributed by atoms with van der Waals surface area (Å²) in [5.74, 6) is 1.06. The van der Waals surface area contributed by atoms with Gasteiger partial charge in [-0.15, -0.1) is 0 Å². The number of hydrogen-bond acceptors (Lipinski definition) is 4. The van der Waals surface area contributed by atoms with E-state index in [4.69, 9.17) is 14.5 Å². The maximum atomic E-state index is 6.14. The van der Waals surface area contributed by atoms with Crippen LogP contribution in [0.2, 0.25) is 0 Å². The molecule has 1 N–H and O–H groups in total. The number of hydrogen-bond donors (Lipinski definition) is 1. The summed E-state index contributed by atoms with van der Waals surface area (Å²) in [5, 5.41) is 3.46. The topological polar surface area (TPSA) is 49.3 Å². The average Bonchev–Trinajstić information content (AvgIpc) is 2.72. The van der Waals surface area contributed by atoms with Crippen LogP contribution < -0.4 is 5.32 Å². The van der Waals surface area contributed by atoms with Gasteiger partial charge >= 0.3 is 0 Å². The molecule has 158 valence electrons. The van der Waals surface area contributed by atoms with Crippen LogP contribution in [-0.2, 0) is 9.47 Å². The lowest BCUT2D eigenvalue weighted by molar-refractivity contribution is -0.0721. The molecule has 0 spiro atoms. The molecule has 2 rings (SSSR count). The van der Waals surface area contributed by atoms with Gasteiger partial charge in [0, 0.05) is 38.8 Å². The summed E-state index contributed by atoms with van der Waals surface area (Å²) in [6.07, 6.45) is 7.65. The molecule has 0 bridgehead atoms. The molecule has 2 atom stereocenters. The Morgan fingerprint density at radius 1 is 1.26 bits per heavy atom. The zero-order valence-electron chi connectivity index (χ0n) is 18.1. The van der Waals surface area contributed by atoms with Gasteiger partial charge < -0.3 is 24.6 Å². The molecular formula is C21H42N4O2. The fraction of sp³-hybridized carbons (Fsp3) is 0.952. The van der Waals surface area contributed by atoms with Gasteiger partial charge in [-0.2, -0.15) is 0 Å². The summed E-state index contributed by atoms with van der Waals surface area (Å²) in [6, 6.07) is 0.615. The highest BCUT2D eigenvalue weighted by molar-refractivity contribution is 5.80. The number of nitrogens with one attached hydrogen (secondary N) is 1. The van der Waals surface area contributed by atoms with E-state index in [2.05, 4.69) is 42.9 Å². The van der Waals surface area contributed by atoms with Crippen LogP contribution in [0.25, 0.3) is 0 Å². The molecule has 2 heterocycles. The maximum Gasteiger partial charge on any atom is 0.193 e. The third kappa shape index (κ3) is 7.96. The second-order valence-electron chi connectivity index (χ2n) is 7.98. The van der Waals surface area contributed by atoms with Crippen LogP contribution in [0.5, 0.6) is 0 Å². The van der Waals surface area contributed by atoms with E-state index in [1.165, 1.54) is 19.3 Å². The SMILES string of the molecule is CCNC(=NCCN(C)C(C)CC)N1CCC(OCC2CCCCO2)CC1. The molecule has 0 radical (unpaired) electrons. The smallest absolute Gasteiger partial charge is 0.193 e. The van der Waals surface area contributed by atoms with Gasteiger partial charge in [-0.25, -0.2) is 0 Å². The molecule has 0 amide bonds. The van der Waals surface area contributed by atoms with E-state index in [0.717, 1.165) is 71.2 Å². The maximum absolute atomic E-state index is 6.14. The molecule has 27 heavy (non-hydrogen) atoms. The predicted octanol–water partition coefficient (Wildman–Crippen LogP) is 2.73. The molecule has 0 aliphatic carbocycles. The second kappa shape index (κ2) is 12.6. The van der Waals surface area contributed by atoms with Crippen molar-refractivity contribution in [2.75, 3.05) is 53.0 Å². The summed E-state index contributed by atoms with van der Waals surface area (Å²) in [7, 11) is 2.19. The van der Waals surface area contributed by atoms with Gasteiger partial charge in [-0.3, -0.25) is 4.99 Å². The lowest BCUT2D eigenvalue weighted by atomic mass is 10.1. The van der Waals surface area contributed by atoms with Crippen molar-refractivity contribution in [2.45, 2.75) is 77.5 Å². The van der Waals surface area contributed by atoms with Gasteiger partial charge in [-0.1, -0.05) is 6.92 Å². The average molecular weight is 383 g/mol. The van der Waals surface area contributed by atoms with E-state index in [1.807, 2.05) is 0 Å². The van der Waals surface area contributed by atoms with E-state index in [-0.39, 0.29) is 0 Å². The fourth-order valence-corrected chi connectivity index (χ4v) is 3.69. The first-order valence-electron chi connectivity index (χ1n) is 11.1. The number of nitrogens with zero attached hydrogens (tertiary/aromatic N) is 3. The molecule has 0 aromatic carbocycles. The van der Waals surface area contributed by atoms with E-state index < -0.39 is 0 Å². The van der Waals surface area contributed by atoms with Crippen LogP contribution in [-0.4, -0.2) is 87.0 Å². The summed E-state index contributed by atoms with van der Waals surface area (Å²) in [4.78, 5) is 9.65. The Balaban J connectivity index is 1.72. The number of rotatable bonds is 9. The lowest BCUT2D eigenvalue weighted by Gasteiger charge is -2.35. The van der Waals surface area contributed by atoms with Crippen LogP contribution in [0, 0.1) is 0 Å². The number of ether oxygens (including phenoxy) is 2. The molecule has 6 nitrogen and oxygen atoms in total. The summed E-state index contributed by atoms with van der Waals surface area (Å²) in [5.41, 5.74) is 0. The first kappa shape index (κ1) is 22.4. The Morgan fingerprint density at radius 3 is 2.67 bits per heavy atom. The monoisotopic (exact) mass is 382 g/mol. The van der Waals surface area contributed by atoms with E-state index in [0.29, 0.717) is 18.2 Å². The Hall–Kier alpha value is -0.850. The third-order valence-corrected chi connectivity index (χ3v) is 5.93. The van der Waals surface area contributed by atoms with Gasteiger partial charge in [-0.05, 0) is 59.4 Å². The molecule has 2 aliphatic heterocycles. The first-order valence-corrected chi connectivity index (χ1v) is 11.1. The minimum Gasteiger partial charge on any atom is -0.376 e. The molecule has 2 aliphatic rings. The molecule has 0 saturated carbocycles. The van der Waals surface area contributed by atoms with Crippen molar-refractivity contribution in [1.29, 1.82) is 0 Å². The molecule has 0 aromatic rings. The predicted molar refractivity (Wildman–Crippen MR) is 112 cm³/mol. The van der Waals surface area contributed by atoms with Crippen molar-refractivity contribution in [3.63, 3.8) is 0 Å². The Kier molecular flexibility index (Phi) is 10.5. The Bertz CT molecular complexity index is 418. The fourth-order valence-electron chi connectivity index (χ4n) is 3.69. The minimum atomic E-state index is 0.318. The highest BCUT2D eigenvalue weighted by atomic mass is 16.5. The normalized spacial score (nSPS) is 23.7. The third-order valence-electron chi connectivity index (χ3n) is 5.93. The quantitative estimate of drug-likeness (QED) is 0.491. The number of likely N-dealkylation sites (N-methyl/N-ethyl adjacent to an activating group) is 1. The standard InChI is InChI=1S/C21H42N4O2/c1-5-18(3)24(4)15-12-23-21(22-6-2)25-13-10-19(11-14-25)27-17-20-9-7-8-16-26-20/h18-20H,5-17H2,1-4H3,(H,22,23). The van der Waals surface area contributed by atoms with Crippen molar-refractivity contribution >= 4 is 5.96 Å². The van der Waals surface area contributed by atoms with Gasteiger partial charge in [0.1, 0.15) is 0 Å². The highest BCUT2D eigenvalue weighted by Gasteiger charge is 2.23. The molecule has 2 fully saturated rings. The zero-order chi connectivity index (χ0) is 19.5. The zero-order valence-corrected chi connectivity index (χ0v) is 18.1. The molecule has 6 heteroatoms. The molecule has 2 saturated heterocycles. The van der Waals surface area contributed by atoms with Crippen LogP contribution >= 0.6 is 0 Å². The van der Waals surface area contributed by atoms with E-state index in [9.17, 15) is 0 Å². The van der Waals surface area contributed by atoms with Crippen molar-refractivity contribution in [1.82, 2.24) is 15.1 Å². The van der Waals surface area contributed by atoms with Crippen molar-refractivity contribution in [3.8, 4) is 0 Å². The van der Waals surface area contributed by atoms with Crippen molar-refractivity contribution in [2.24, 2.45) is 4.99 Å². The number of piperidine rings is 1. The Labute approximate surface area is 166 Å². The summed E-state index contributed by atoms with van der Waals surface area (Å²) >= 11 is 0. The van der Waals surface area contributed by atoms with Gasteiger partial charge in [0.2, 0.25) is 0 Å². The molecule has 2 unspecified atom stereocenters. The Morgan fingerprint density at radius 2 is 2.04 bits per heavy atom. The van der Waals surface area contributed by atoms with Gasteiger partial charge in [0.05, 0.1) is 25.4 Å². The summed E-state index contributed by atoms with van der Waals surface area (Å²) in [6.45, 7) is 13.1. The van der Waals surface area contributed by atoms with Crippen LogP contribution in [0.4, 0.5) is 0 Å². The summed E-state index contributed by atoms with van der Waals surface area (Å²) < 4.78 is 11.9. The minimum absolute atomic E-state index is 0.318. The molecule has 0 aromatic heterocycles. The van der Waals surface area contributed by atoms with Crippen LogP contribution in [0.15, 0.2) is 4.99 Å². The van der Waals surface area contributed by atoms with Crippen LogP contribution in [0.1, 0.15) is 59.3 Å². The largest absolute Gasteiger partial charge is 0.376 e. The van der Waals surface area contributed by atoms with E-state index >= 15 is 0 Å². The number of likely N-dealkylation sites (tertiary alicyclic amines) is 1. The van der Waals surface area contributed by atoms with Crippen molar-refractivity contribution < 1.29 is 9.47 Å². The van der Waals surface area contributed by atoms with Crippen LogP contribution in [0.3, 0.4) is 0 Å². The van der Waals surface area contributed by atoms with E-state index in [1.54, 1.807) is 0 Å². The number of guanidine groups is 1. The second-order valence-corrected chi connectivity index (χ2v) is 7.98. The molecular weight excluding hydrogens is 340 g/mol. The number of aliphatic imine (C=N–C) groups is 1. The lowest BCUT2D eigenvalue weighted by Crippen LogP contribution is -2.47. The van der Waals surface area contributed by atoms with Crippen molar-refractivity contribution in [3.05, 3.63) is 0 Å². The highest BCUT2D eigenvalue weighted by Crippen LogP contribution is 2.18.